The first kappa shape index (κ1) is 21.0. The third-order valence-electron chi connectivity index (χ3n) is 4.91. The van der Waals surface area contributed by atoms with Gasteiger partial charge in [0.25, 0.3) is 0 Å². The Hall–Kier alpha value is -2.71. The summed E-state index contributed by atoms with van der Waals surface area (Å²) in [4.78, 5) is 4.18. The van der Waals surface area contributed by atoms with E-state index in [9.17, 15) is 8.78 Å². The SMILES string of the molecule is CN=C(NCCCc1nnc2n1CCCCC2)NCc1ccccc1OC(F)F. The first-order valence-electron chi connectivity index (χ1n) is 10.1. The first-order valence-corrected chi connectivity index (χ1v) is 10.1. The number of benzene rings is 1. The molecule has 3 rings (SSSR count). The Bertz CT molecular complexity index is 808. The van der Waals surface area contributed by atoms with E-state index in [1.54, 1.807) is 25.2 Å². The van der Waals surface area contributed by atoms with E-state index in [1.165, 1.54) is 25.3 Å². The van der Waals surface area contributed by atoms with Gasteiger partial charge in [-0.25, -0.2) is 0 Å². The number of nitrogens with zero attached hydrogens (tertiary/aromatic N) is 4. The number of aryl methyl sites for hydroxylation is 2. The minimum absolute atomic E-state index is 0.165. The molecule has 0 spiro atoms. The Labute approximate surface area is 169 Å². The minimum Gasteiger partial charge on any atom is -0.434 e. The molecule has 1 aliphatic heterocycles. The van der Waals surface area contributed by atoms with Crippen LogP contribution in [0.3, 0.4) is 0 Å². The van der Waals surface area contributed by atoms with Gasteiger partial charge in [0.2, 0.25) is 0 Å². The Balaban J connectivity index is 1.44. The van der Waals surface area contributed by atoms with Gasteiger partial charge in [0.15, 0.2) is 5.96 Å². The molecule has 9 heteroatoms. The Morgan fingerprint density at radius 2 is 2.07 bits per heavy atom. The van der Waals surface area contributed by atoms with E-state index in [0.717, 1.165) is 44.0 Å². The van der Waals surface area contributed by atoms with Crippen LogP contribution in [0.4, 0.5) is 8.78 Å². The number of rotatable bonds is 8. The second-order valence-corrected chi connectivity index (χ2v) is 6.94. The van der Waals surface area contributed by atoms with Gasteiger partial charge in [-0.15, -0.1) is 10.2 Å². The predicted molar refractivity (Wildman–Crippen MR) is 107 cm³/mol. The lowest BCUT2D eigenvalue weighted by atomic mass is 10.2. The Morgan fingerprint density at radius 3 is 2.90 bits per heavy atom. The summed E-state index contributed by atoms with van der Waals surface area (Å²) in [7, 11) is 1.68. The second kappa shape index (κ2) is 10.7. The lowest BCUT2D eigenvalue weighted by molar-refractivity contribution is -0.0504. The van der Waals surface area contributed by atoms with Crippen molar-refractivity contribution in [3.63, 3.8) is 0 Å². The zero-order valence-electron chi connectivity index (χ0n) is 16.7. The number of fused-ring (bicyclic) bond motifs is 1. The molecule has 29 heavy (non-hydrogen) atoms. The quantitative estimate of drug-likeness (QED) is 0.401. The fourth-order valence-corrected chi connectivity index (χ4v) is 3.44. The molecule has 0 unspecified atom stereocenters. The molecule has 2 aromatic rings. The van der Waals surface area contributed by atoms with Crippen LogP contribution in [0.2, 0.25) is 0 Å². The molecule has 0 amide bonds. The molecule has 0 saturated carbocycles. The number of aliphatic imine (C=N–C) groups is 1. The smallest absolute Gasteiger partial charge is 0.387 e. The molecular weight excluding hydrogens is 378 g/mol. The summed E-state index contributed by atoms with van der Waals surface area (Å²) < 4.78 is 31.9. The molecular formula is C20H28F2N6O. The Kier molecular flexibility index (Phi) is 7.77. The molecule has 2 N–H and O–H groups in total. The van der Waals surface area contributed by atoms with E-state index in [0.29, 0.717) is 18.1 Å². The van der Waals surface area contributed by atoms with Crippen LogP contribution in [0.25, 0.3) is 0 Å². The third kappa shape index (κ3) is 6.13. The van der Waals surface area contributed by atoms with Gasteiger partial charge in [0, 0.05) is 45.1 Å². The minimum atomic E-state index is -2.85. The van der Waals surface area contributed by atoms with Crippen LogP contribution in [-0.2, 0) is 25.9 Å². The molecule has 0 saturated heterocycles. The lowest BCUT2D eigenvalue weighted by Crippen LogP contribution is -2.37. The topological polar surface area (TPSA) is 76.4 Å². The monoisotopic (exact) mass is 406 g/mol. The number of aromatic nitrogens is 3. The van der Waals surface area contributed by atoms with Crippen LogP contribution >= 0.6 is 0 Å². The van der Waals surface area contributed by atoms with Crippen LogP contribution < -0.4 is 15.4 Å². The van der Waals surface area contributed by atoms with Gasteiger partial charge in [0.1, 0.15) is 17.4 Å². The number of alkyl halides is 2. The van der Waals surface area contributed by atoms with E-state index >= 15 is 0 Å². The fraction of sp³-hybridized carbons (Fsp3) is 0.550. The summed E-state index contributed by atoms with van der Waals surface area (Å²) in [6, 6.07) is 6.72. The molecule has 0 atom stereocenters. The van der Waals surface area contributed by atoms with E-state index in [-0.39, 0.29) is 5.75 Å². The molecule has 7 nitrogen and oxygen atoms in total. The fourth-order valence-electron chi connectivity index (χ4n) is 3.44. The second-order valence-electron chi connectivity index (χ2n) is 6.94. The van der Waals surface area contributed by atoms with Gasteiger partial charge in [-0.05, 0) is 25.3 Å². The highest BCUT2D eigenvalue weighted by molar-refractivity contribution is 5.79. The van der Waals surface area contributed by atoms with Crippen molar-refractivity contribution in [2.24, 2.45) is 4.99 Å². The summed E-state index contributed by atoms with van der Waals surface area (Å²) in [5.74, 6) is 2.92. The Morgan fingerprint density at radius 1 is 1.21 bits per heavy atom. The number of halogens is 2. The van der Waals surface area contributed by atoms with Crippen molar-refractivity contribution in [2.45, 2.75) is 58.2 Å². The van der Waals surface area contributed by atoms with Gasteiger partial charge in [-0.3, -0.25) is 4.99 Å². The molecule has 0 aliphatic carbocycles. The van der Waals surface area contributed by atoms with Crippen LogP contribution in [0.1, 0.15) is 42.9 Å². The van der Waals surface area contributed by atoms with E-state index in [1.807, 2.05) is 0 Å². The zero-order valence-corrected chi connectivity index (χ0v) is 16.7. The third-order valence-corrected chi connectivity index (χ3v) is 4.91. The molecule has 2 heterocycles. The molecule has 0 bridgehead atoms. The standard InChI is InChI=1S/C20H28F2N6O/c1-23-20(25-14-15-8-4-5-9-16(15)29-19(21)22)24-12-7-11-18-27-26-17-10-3-2-6-13-28(17)18/h4-5,8-9,19H,2-3,6-7,10-14H2,1H3,(H2,23,24,25). The highest BCUT2D eigenvalue weighted by atomic mass is 19.3. The van der Waals surface area contributed by atoms with E-state index in [2.05, 4.69) is 35.1 Å². The van der Waals surface area contributed by atoms with Crippen molar-refractivity contribution in [3.8, 4) is 5.75 Å². The number of hydrogen-bond donors (Lipinski definition) is 2. The van der Waals surface area contributed by atoms with Crippen molar-refractivity contribution in [2.75, 3.05) is 13.6 Å². The predicted octanol–water partition coefficient (Wildman–Crippen LogP) is 2.90. The van der Waals surface area contributed by atoms with Gasteiger partial charge in [-0.1, -0.05) is 24.6 Å². The summed E-state index contributed by atoms with van der Waals surface area (Å²) in [6.45, 7) is -0.785. The largest absolute Gasteiger partial charge is 0.434 e. The molecule has 0 radical (unpaired) electrons. The average molecular weight is 406 g/mol. The van der Waals surface area contributed by atoms with Crippen molar-refractivity contribution in [1.82, 2.24) is 25.4 Å². The zero-order chi connectivity index (χ0) is 20.5. The summed E-state index contributed by atoms with van der Waals surface area (Å²) in [5, 5.41) is 15.1. The van der Waals surface area contributed by atoms with Gasteiger partial charge in [-0.2, -0.15) is 8.78 Å². The summed E-state index contributed by atoms with van der Waals surface area (Å²) >= 11 is 0. The van der Waals surface area contributed by atoms with E-state index in [4.69, 9.17) is 0 Å². The van der Waals surface area contributed by atoms with Crippen molar-refractivity contribution >= 4 is 5.96 Å². The summed E-state index contributed by atoms with van der Waals surface area (Å²) in [5.41, 5.74) is 0.641. The number of ether oxygens (including phenoxy) is 1. The summed E-state index contributed by atoms with van der Waals surface area (Å²) in [6.07, 6.45) is 6.37. The maximum Gasteiger partial charge on any atom is 0.387 e. The lowest BCUT2D eigenvalue weighted by Gasteiger charge is -2.14. The number of para-hydroxylation sites is 1. The van der Waals surface area contributed by atoms with Gasteiger partial charge in [0.05, 0.1) is 0 Å². The highest BCUT2D eigenvalue weighted by Gasteiger charge is 2.14. The van der Waals surface area contributed by atoms with Crippen molar-refractivity contribution in [3.05, 3.63) is 41.5 Å². The van der Waals surface area contributed by atoms with Gasteiger partial charge < -0.3 is 19.9 Å². The van der Waals surface area contributed by atoms with Crippen LogP contribution in [0, 0.1) is 0 Å². The number of hydrogen-bond acceptors (Lipinski definition) is 4. The van der Waals surface area contributed by atoms with E-state index < -0.39 is 6.61 Å². The van der Waals surface area contributed by atoms with Crippen molar-refractivity contribution in [1.29, 1.82) is 0 Å². The maximum atomic E-state index is 12.5. The number of nitrogens with one attached hydrogen (secondary N) is 2. The van der Waals surface area contributed by atoms with Crippen LogP contribution in [-0.4, -0.2) is 40.9 Å². The maximum absolute atomic E-state index is 12.5. The highest BCUT2D eigenvalue weighted by Crippen LogP contribution is 2.20. The molecule has 1 aromatic carbocycles. The average Bonchev–Trinajstić information content (AvgIpc) is 2.94. The van der Waals surface area contributed by atoms with Crippen molar-refractivity contribution < 1.29 is 13.5 Å². The number of guanidine groups is 1. The van der Waals surface area contributed by atoms with Gasteiger partial charge >= 0.3 is 6.61 Å². The normalized spacial score (nSPS) is 14.4. The first-order chi connectivity index (χ1) is 14.2. The molecule has 1 aromatic heterocycles. The van der Waals surface area contributed by atoms with Crippen LogP contribution in [0.5, 0.6) is 5.75 Å². The van der Waals surface area contributed by atoms with Crippen LogP contribution in [0.15, 0.2) is 29.3 Å². The molecule has 158 valence electrons. The molecule has 1 aliphatic rings. The molecule has 0 fully saturated rings.